The third-order valence-electron chi connectivity index (χ3n) is 9.04. The van der Waals surface area contributed by atoms with Crippen molar-refractivity contribution in [3.8, 4) is 11.3 Å². The van der Waals surface area contributed by atoms with E-state index in [4.69, 9.17) is 4.98 Å². The topological polar surface area (TPSA) is 81.4 Å². The van der Waals surface area contributed by atoms with Gasteiger partial charge in [-0.3, -0.25) is 0 Å². The lowest BCUT2D eigenvalue weighted by molar-refractivity contribution is 0.483. The Labute approximate surface area is 219 Å². The number of aromatic nitrogens is 4. The SMILES string of the molecule is CC1CCC2=C(C1)C(c1cnc(C3CCCN3)[nH]1)=CCC2c1ccc(-c2cnc(C3CCCN3)[nH]2)cc1. The van der Waals surface area contributed by atoms with Crippen molar-refractivity contribution in [1.29, 1.82) is 0 Å². The van der Waals surface area contributed by atoms with Gasteiger partial charge in [-0.1, -0.05) is 42.8 Å². The van der Waals surface area contributed by atoms with Crippen LogP contribution in [0.1, 0.15) is 99.2 Å². The van der Waals surface area contributed by atoms with Gasteiger partial charge in [-0.05, 0) is 92.6 Å². The molecule has 4 unspecified atom stereocenters. The Morgan fingerprint density at radius 3 is 2.16 bits per heavy atom. The van der Waals surface area contributed by atoms with Crippen molar-refractivity contribution in [2.75, 3.05) is 13.1 Å². The van der Waals surface area contributed by atoms with Gasteiger partial charge in [0.25, 0.3) is 0 Å². The van der Waals surface area contributed by atoms with Gasteiger partial charge < -0.3 is 20.6 Å². The van der Waals surface area contributed by atoms with Crippen LogP contribution in [0.15, 0.2) is 53.9 Å². The number of H-pyrrole nitrogens is 2. The quantitative estimate of drug-likeness (QED) is 0.334. The number of aromatic amines is 2. The number of benzene rings is 1. The summed E-state index contributed by atoms with van der Waals surface area (Å²) >= 11 is 0. The minimum atomic E-state index is 0.371. The largest absolute Gasteiger partial charge is 0.341 e. The summed E-state index contributed by atoms with van der Waals surface area (Å²) in [5.41, 5.74) is 9.57. The van der Waals surface area contributed by atoms with Gasteiger partial charge in [-0.2, -0.15) is 0 Å². The van der Waals surface area contributed by atoms with E-state index in [0.29, 0.717) is 18.0 Å². The molecule has 2 fully saturated rings. The zero-order chi connectivity index (χ0) is 24.8. The van der Waals surface area contributed by atoms with Gasteiger partial charge in [0, 0.05) is 5.92 Å². The van der Waals surface area contributed by atoms with Crippen molar-refractivity contribution in [3.63, 3.8) is 0 Å². The molecule has 0 saturated carbocycles. The maximum Gasteiger partial charge on any atom is 0.123 e. The van der Waals surface area contributed by atoms with Crippen molar-refractivity contribution < 1.29 is 0 Å². The fraction of sp³-hybridized carbons (Fsp3) is 0.484. The van der Waals surface area contributed by atoms with Crippen LogP contribution in [0.4, 0.5) is 0 Å². The highest BCUT2D eigenvalue weighted by Gasteiger charge is 2.31. The molecule has 0 amide bonds. The van der Waals surface area contributed by atoms with Crippen LogP contribution >= 0.6 is 0 Å². The van der Waals surface area contributed by atoms with Crippen molar-refractivity contribution in [2.45, 2.75) is 76.3 Å². The van der Waals surface area contributed by atoms with Gasteiger partial charge in [0.15, 0.2) is 0 Å². The molecule has 4 atom stereocenters. The zero-order valence-electron chi connectivity index (χ0n) is 21.8. The third kappa shape index (κ3) is 4.40. The molecule has 4 N–H and O–H groups in total. The molecule has 4 aliphatic rings. The Balaban J connectivity index is 1.14. The molecule has 0 spiro atoms. The van der Waals surface area contributed by atoms with Crippen LogP contribution in [-0.2, 0) is 0 Å². The van der Waals surface area contributed by atoms with Gasteiger partial charge in [-0.25, -0.2) is 9.97 Å². The molecule has 2 aliphatic carbocycles. The lowest BCUT2D eigenvalue weighted by Crippen LogP contribution is -2.18. The van der Waals surface area contributed by atoms with Gasteiger partial charge in [0.2, 0.25) is 0 Å². The van der Waals surface area contributed by atoms with Crippen LogP contribution in [0.25, 0.3) is 16.8 Å². The maximum atomic E-state index is 4.78. The number of nitrogens with one attached hydrogen (secondary N) is 4. The monoisotopic (exact) mass is 494 g/mol. The van der Waals surface area contributed by atoms with Crippen LogP contribution in [0.5, 0.6) is 0 Å². The summed E-state index contributed by atoms with van der Waals surface area (Å²) in [6, 6.07) is 9.98. The summed E-state index contributed by atoms with van der Waals surface area (Å²) in [6.45, 7) is 4.58. The van der Waals surface area contributed by atoms with E-state index in [1.165, 1.54) is 54.5 Å². The van der Waals surface area contributed by atoms with Crippen LogP contribution in [0, 0.1) is 5.92 Å². The molecule has 6 heteroatoms. The molecule has 2 aromatic heterocycles. The van der Waals surface area contributed by atoms with Crippen LogP contribution in [0.3, 0.4) is 0 Å². The fourth-order valence-corrected chi connectivity index (χ4v) is 6.95. The molecule has 192 valence electrons. The average molecular weight is 495 g/mol. The van der Waals surface area contributed by atoms with Gasteiger partial charge in [0.1, 0.15) is 11.6 Å². The van der Waals surface area contributed by atoms with E-state index in [1.54, 1.807) is 11.1 Å². The first-order chi connectivity index (χ1) is 18.2. The molecule has 7 rings (SSSR count). The molecule has 4 heterocycles. The Morgan fingerprint density at radius 2 is 1.49 bits per heavy atom. The lowest BCUT2D eigenvalue weighted by atomic mass is 9.70. The smallest absolute Gasteiger partial charge is 0.123 e. The molecule has 0 bridgehead atoms. The van der Waals surface area contributed by atoms with E-state index in [9.17, 15) is 0 Å². The Hall–Kier alpha value is -2.96. The standard InChI is InChI=1S/C31H38N6/c1-19-6-11-23-22(12-13-24(25(23)16-19)29-18-35-31(37-29)27-5-3-15-33-27)20-7-9-21(10-8-20)28-17-34-30(36-28)26-4-2-14-32-26/h7-10,13,17-19,22,26-27,32-33H,2-6,11-12,14-16H2,1H3,(H,34,36)(H,35,37). The summed E-state index contributed by atoms with van der Waals surface area (Å²) < 4.78 is 0. The van der Waals surface area contributed by atoms with Crippen molar-refractivity contribution >= 4 is 5.57 Å². The van der Waals surface area contributed by atoms with Crippen molar-refractivity contribution in [1.82, 2.24) is 30.6 Å². The minimum absolute atomic E-state index is 0.371. The number of nitrogens with zero attached hydrogens (tertiary/aromatic N) is 2. The highest BCUT2D eigenvalue weighted by molar-refractivity contribution is 5.80. The Morgan fingerprint density at radius 1 is 0.811 bits per heavy atom. The number of imidazole rings is 2. The second kappa shape index (κ2) is 9.73. The number of hydrogen-bond acceptors (Lipinski definition) is 4. The van der Waals surface area contributed by atoms with E-state index in [-0.39, 0.29) is 0 Å². The normalized spacial score (nSPS) is 28.0. The Bertz CT molecular complexity index is 1310. The molecule has 2 aliphatic heterocycles. The summed E-state index contributed by atoms with van der Waals surface area (Å²) in [5, 5.41) is 7.11. The fourth-order valence-electron chi connectivity index (χ4n) is 6.95. The summed E-state index contributed by atoms with van der Waals surface area (Å²) in [6.07, 6.45) is 16.0. The van der Waals surface area contributed by atoms with Gasteiger partial charge in [0.05, 0.1) is 35.9 Å². The van der Waals surface area contributed by atoms with Gasteiger partial charge >= 0.3 is 0 Å². The number of allylic oxidation sites excluding steroid dienone is 4. The lowest BCUT2D eigenvalue weighted by Gasteiger charge is -2.34. The van der Waals surface area contributed by atoms with E-state index >= 15 is 0 Å². The molecule has 0 radical (unpaired) electrons. The average Bonchev–Trinajstić information content (AvgIpc) is 3.75. The van der Waals surface area contributed by atoms with E-state index in [1.807, 2.05) is 6.20 Å². The highest BCUT2D eigenvalue weighted by atomic mass is 15.0. The first-order valence-electron chi connectivity index (χ1n) is 14.3. The molecule has 37 heavy (non-hydrogen) atoms. The second-order valence-corrected chi connectivity index (χ2v) is 11.5. The van der Waals surface area contributed by atoms with Crippen molar-refractivity contribution in [2.24, 2.45) is 5.92 Å². The molecule has 3 aromatic rings. The molecule has 1 aromatic carbocycles. The summed E-state index contributed by atoms with van der Waals surface area (Å²) in [7, 11) is 0. The van der Waals surface area contributed by atoms with E-state index in [0.717, 1.165) is 55.6 Å². The molecule has 2 saturated heterocycles. The first-order valence-corrected chi connectivity index (χ1v) is 14.3. The van der Waals surface area contributed by atoms with Crippen LogP contribution in [0.2, 0.25) is 0 Å². The van der Waals surface area contributed by atoms with Crippen LogP contribution in [-0.4, -0.2) is 33.0 Å². The van der Waals surface area contributed by atoms with E-state index < -0.39 is 0 Å². The molecular formula is C31H38N6. The third-order valence-corrected chi connectivity index (χ3v) is 9.04. The first kappa shape index (κ1) is 23.2. The Kier molecular flexibility index (Phi) is 6.10. The molecular weight excluding hydrogens is 456 g/mol. The highest BCUT2D eigenvalue weighted by Crippen LogP contribution is 2.48. The van der Waals surface area contributed by atoms with Crippen LogP contribution < -0.4 is 10.6 Å². The zero-order valence-corrected chi connectivity index (χ0v) is 21.8. The minimum Gasteiger partial charge on any atom is -0.341 e. The predicted molar refractivity (Wildman–Crippen MR) is 148 cm³/mol. The second-order valence-electron chi connectivity index (χ2n) is 11.5. The molecule has 6 nitrogen and oxygen atoms in total. The summed E-state index contributed by atoms with van der Waals surface area (Å²) in [4.78, 5) is 16.7. The number of rotatable bonds is 5. The van der Waals surface area contributed by atoms with E-state index in [2.05, 4.69) is 69.0 Å². The number of hydrogen-bond donors (Lipinski definition) is 4. The predicted octanol–water partition coefficient (Wildman–Crippen LogP) is 6.34. The maximum absolute atomic E-state index is 4.78. The van der Waals surface area contributed by atoms with Gasteiger partial charge in [-0.15, -0.1) is 0 Å². The summed E-state index contributed by atoms with van der Waals surface area (Å²) in [5.74, 6) is 3.37. The van der Waals surface area contributed by atoms with Crippen molar-refractivity contribution in [3.05, 3.63) is 76.8 Å².